The Morgan fingerprint density at radius 3 is 2.59 bits per heavy atom. The van der Waals surface area contributed by atoms with E-state index in [2.05, 4.69) is 15.3 Å². The zero-order chi connectivity index (χ0) is 21.9. The van der Waals surface area contributed by atoms with E-state index < -0.39 is 0 Å². The first-order valence-electron chi connectivity index (χ1n) is 10.1. The Hall–Kier alpha value is -4.33. The molecule has 0 aliphatic carbocycles. The molecule has 0 spiro atoms. The number of nitrogens with zero attached hydrogens (tertiary/aromatic N) is 3. The predicted molar refractivity (Wildman–Crippen MR) is 118 cm³/mol. The van der Waals surface area contributed by atoms with E-state index in [1.165, 1.54) is 0 Å². The minimum Gasteiger partial charge on any atom is -0.486 e. The van der Waals surface area contributed by atoms with Crippen molar-refractivity contribution in [2.75, 3.05) is 18.5 Å². The number of hydrogen-bond donors (Lipinski definition) is 1. The maximum absolute atomic E-state index is 12.8. The molecule has 0 unspecified atom stereocenters. The maximum Gasteiger partial charge on any atom is 0.259 e. The van der Waals surface area contributed by atoms with Crippen LogP contribution in [0.5, 0.6) is 23.1 Å². The summed E-state index contributed by atoms with van der Waals surface area (Å²) in [5.41, 5.74) is 1.06. The topological polar surface area (TPSA) is 87.5 Å². The Morgan fingerprint density at radius 1 is 1.00 bits per heavy atom. The molecule has 8 heteroatoms. The van der Waals surface area contributed by atoms with Crippen LogP contribution in [0.25, 0.3) is 5.82 Å². The molecule has 0 saturated heterocycles. The first-order chi connectivity index (χ1) is 15.7. The summed E-state index contributed by atoms with van der Waals surface area (Å²) in [7, 11) is 0. The molecule has 0 saturated carbocycles. The van der Waals surface area contributed by atoms with Crippen molar-refractivity contribution >= 4 is 11.6 Å². The van der Waals surface area contributed by atoms with Gasteiger partial charge in [-0.05, 0) is 55.5 Å². The molecular weight excluding hydrogens is 408 g/mol. The Morgan fingerprint density at radius 2 is 1.78 bits per heavy atom. The number of nitrogens with one attached hydrogen (secondary N) is 1. The lowest BCUT2D eigenvalue weighted by Gasteiger charge is -2.20. The molecular formula is C24H20N4O4. The number of anilines is 1. The molecule has 2 aromatic heterocycles. The van der Waals surface area contributed by atoms with Crippen LogP contribution in [0, 0.1) is 6.92 Å². The van der Waals surface area contributed by atoms with Crippen molar-refractivity contribution < 1.29 is 19.0 Å². The second-order valence-electron chi connectivity index (χ2n) is 7.11. The number of carbonyl (C=O) groups is 1. The van der Waals surface area contributed by atoms with Crippen LogP contribution in [0.15, 0.2) is 73.1 Å². The Labute approximate surface area is 184 Å². The van der Waals surface area contributed by atoms with Gasteiger partial charge < -0.3 is 24.1 Å². The highest BCUT2D eigenvalue weighted by molar-refractivity contribution is 6.06. The third-order valence-electron chi connectivity index (χ3n) is 4.82. The average molecular weight is 428 g/mol. The van der Waals surface area contributed by atoms with Gasteiger partial charge in [0.2, 0.25) is 5.88 Å². The van der Waals surface area contributed by atoms with Crippen molar-refractivity contribution in [2.24, 2.45) is 0 Å². The zero-order valence-electron chi connectivity index (χ0n) is 17.3. The van der Waals surface area contributed by atoms with Gasteiger partial charge in [-0.2, -0.15) is 4.98 Å². The SMILES string of the molecule is Cc1nc(Oc2ccc(NC(=O)c3cccc4c3OCCO4)cc2)cc(-n2cccc2)n1. The van der Waals surface area contributed by atoms with E-state index in [-0.39, 0.29) is 5.91 Å². The first-order valence-corrected chi connectivity index (χ1v) is 10.1. The van der Waals surface area contributed by atoms with Gasteiger partial charge in [0.25, 0.3) is 5.91 Å². The molecule has 3 heterocycles. The van der Waals surface area contributed by atoms with E-state index >= 15 is 0 Å². The van der Waals surface area contributed by atoms with Crippen LogP contribution in [0.4, 0.5) is 5.69 Å². The van der Waals surface area contributed by atoms with Gasteiger partial charge in [-0.3, -0.25) is 4.79 Å². The number of para-hydroxylation sites is 1. The number of benzene rings is 2. The van der Waals surface area contributed by atoms with Crippen LogP contribution in [-0.2, 0) is 0 Å². The van der Waals surface area contributed by atoms with Crippen LogP contribution < -0.4 is 19.5 Å². The molecule has 0 atom stereocenters. The molecule has 0 bridgehead atoms. The second kappa shape index (κ2) is 8.43. The van der Waals surface area contributed by atoms with Gasteiger partial charge in [-0.25, -0.2) is 4.98 Å². The highest BCUT2D eigenvalue weighted by atomic mass is 16.6. The minimum absolute atomic E-state index is 0.274. The summed E-state index contributed by atoms with van der Waals surface area (Å²) in [4.78, 5) is 21.5. The maximum atomic E-state index is 12.8. The molecule has 160 valence electrons. The standard InChI is InChI=1S/C24H20N4O4/c1-16-25-21(28-11-2-3-12-28)15-22(26-16)32-18-9-7-17(8-10-18)27-24(29)19-5-4-6-20-23(19)31-14-13-30-20/h2-12,15H,13-14H2,1H3,(H,27,29). The lowest BCUT2D eigenvalue weighted by molar-refractivity contribution is 0.101. The van der Waals surface area contributed by atoms with Gasteiger partial charge in [0.05, 0.1) is 5.56 Å². The fraction of sp³-hybridized carbons (Fsp3) is 0.125. The molecule has 1 aliphatic rings. The lowest BCUT2D eigenvalue weighted by atomic mass is 10.1. The third kappa shape index (κ3) is 4.11. The van der Waals surface area contributed by atoms with E-state index in [1.807, 2.05) is 36.0 Å². The number of amides is 1. The fourth-order valence-corrected chi connectivity index (χ4v) is 3.38. The molecule has 1 N–H and O–H groups in total. The molecule has 0 radical (unpaired) electrons. The normalized spacial score (nSPS) is 12.3. The van der Waals surface area contributed by atoms with Crippen LogP contribution in [0.1, 0.15) is 16.2 Å². The second-order valence-corrected chi connectivity index (χ2v) is 7.11. The molecule has 1 aliphatic heterocycles. The summed E-state index contributed by atoms with van der Waals surface area (Å²) in [6, 6.07) is 17.9. The van der Waals surface area contributed by atoms with E-state index in [0.717, 1.165) is 5.82 Å². The fourth-order valence-electron chi connectivity index (χ4n) is 3.38. The predicted octanol–water partition coefficient (Wildman–Crippen LogP) is 4.39. The monoisotopic (exact) mass is 428 g/mol. The summed E-state index contributed by atoms with van der Waals surface area (Å²) < 4.78 is 19.0. The number of aryl methyl sites for hydroxylation is 1. The summed E-state index contributed by atoms with van der Waals surface area (Å²) >= 11 is 0. The van der Waals surface area contributed by atoms with Crippen molar-refractivity contribution in [2.45, 2.75) is 6.92 Å². The summed E-state index contributed by atoms with van der Waals surface area (Å²) in [5.74, 6) is 3.12. The highest BCUT2D eigenvalue weighted by Crippen LogP contribution is 2.34. The smallest absolute Gasteiger partial charge is 0.259 e. The molecule has 0 fully saturated rings. The van der Waals surface area contributed by atoms with Gasteiger partial charge in [0, 0.05) is 24.1 Å². The van der Waals surface area contributed by atoms with E-state index in [4.69, 9.17) is 14.2 Å². The van der Waals surface area contributed by atoms with E-state index in [1.54, 1.807) is 48.5 Å². The van der Waals surface area contributed by atoms with E-state index in [0.29, 0.717) is 53.4 Å². The minimum atomic E-state index is -0.274. The number of aromatic nitrogens is 3. The molecule has 1 amide bonds. The van der Waals surface area contributed by atoms with Crippen LogP contribution in [0.3, 0.4) is 0 Å². The number of carbonyl (C=O) groups excluding carboxylic acids is 1. The van der Waals surface area contributed by atoms with Crippen molar-refractivity contribution in [1.82, 2.24) is 14.5 Å². The zero-order valence-corrected chi connectivity index (χ0v) is 17.3. The van der Waals surface area contributed by atoms with Crippen molar-refractivity contribution in [3.8, 4) is 28.9 Å². The van der Waals surface area contributed by atoms with Crippen LogP contribution >= 0.6 is 0 Å². The number of ether oxygens (including phenoxy) is 3. The quantitative estimate of drug-likeness (QED) is 0.507. The molecule has 4 aromatic rings. The van der Waals surface area contributed by atoms with Crippen molar-refractivity contribution in [3.63, 3.8) is 0 Å². The van der Waals surface area contributed by atoms with Gasteiger partial charge in [0.1, 0.15) is 30.6 Å². The van der Waals surface area contributed by atoms with E-state index in [9.17, 15) is 4.79 Å². The number of fused-ring (bicyclic) bond motifs is 1. The van der Waals surface area contributed by atoms with Crippen LogP contribution in [-0.4, -0.2) is 33.7 Å². The van der Waals surface area contributed by atoms with Crippen molar-refractivity contribution in [1.29, 1.82) is 0 Å². The molecule has 5 rings (SSSR count). The summed E-state index contributed by atoms with van der Waals surface area (Å²) in [5, 5.41) is 2.88. The average Bonchev–Trinajstić information content (AvgIpc) is 3.35. The lowest BCUT2D eigenvalue weighted by Crippen LogP contribution is -2.20. The Bertz CT molecular complexity index is 1250. The molecule has 8 nitrogen and oxygen atoms in total. The summed E-state index contributed by atoms with van der Waals surface area (Å²) in [6.45, 7) is 2.70. The van der Waals surface area contributed by atoms with Crippen molar-refractivity contribution in [3.05, 3.63) is 84.4 Å². The first kappa shape index (κ1) is 19.6. The number of hydrogen-bond acceptors (Lipinski definition) is 6. The van der Waals surface area contributed by atoms with Gasteiger partial charge in [-0.15, -0.1) is 0 Å². The summed E-state index contributed by atoms with van der Waals surface area (Å²) in [6.07, 6.45) is 3.81. The Kier molecular flexibility index (Phi) is 5.17. The third-order valence-corrected chi connectivity index (χ3v) is 4.82. The largest absolute Gasteiger partial charge is 0.486 e. The number of rotatable bonds is 5. The molecule has 32 heavy (non-hydrogen) atoms. The molecule has 2 aromatic carbocycles. The van der Waals surface area contributed by atoms with Gasteiger partial charge >= 0.3 is 0 Å². The highest BCUT2D eigenvalue weighted by Gasteiger charge is 2.20. The van der Waals surface area contributed by atoms with Gasteiger partial charge in [-0.1, -0.05) is 6.07 Å². The Balaban J connectivity index is 1.30. The van der Waals surface area contributed by atoms with Crippen LogP contribution in [0.2, 0.25) is 0 Å². The van der Waals surface area contributed by atoms with Gasteiger partial charge in [0.15, 0.2) is 11.5 Å².